The van der Waals surface area contributed by atoms with Crippen LogP contribution < -0.4 is 10.2 Å². The van der Waals surface area contributed by atoms with Crippen molar-refractivity contribution < 1.29 is 4.79 Å². The lowest BCUT2D eigenvalue weighted by Crippen LogP contribution is -2.42. The van der Waals surface area contributed by atoms with Gasteiger partial charge in [-0.3, -0.25) is 9.78 Å². The lowest BCUT2D eigenvalue weighted by molar-refractivity contribution is -0.125. The first-order chi connectivity index (χ1) is 13.1. The van der Waals surface area contributed by atoms with Crippen LogP contribution in [0.15, 0.2) is 30.5 Å². The normalized spacial score (nSPS) is 15.1. The van der Waals surface area contributed by atoms with Gasteiger partial charge in [-0.25, -0.2) is 0 Å². The third-order valence-corrected chi connectivity index (χ3v) is 5.41. The Labute approximate surface area is 160 Å². The van der Waals surface area contributed by atoms with Crippen LogP contribution in [0.2, 0.25) is 0 Å². The van der Waals surface area contributed by atoms with Gasteiger partial charge in [-0.05, 0) is 50.7 Å². The Morgan fingerprint density at radius 1 is 1.37 bits per heavy atom. The molecule has 1 aromatic heterocycles. The lowest BCUT2D eigenvalue weighted by atomic mass is 9.95. The van der Waals surface area contributed by atoms with Crippen molar-refractivity contribution in [2.75, 3.05) is 44.7 Å². The van der Waals surface area contributed by atoms with Gasteiger partial charge in [0.1, 0.15) is 6.07 Å². The van der Waals surface area contributed by atoms with E-state index in [0.717, 1.165) is 55.6 Å². The third kappa shape index (κ3) is 4.37. The SMILES string of the molecule is CCN(C)CCNC(=O)C1CCN(c2ccc(C#N)c3ncccc23)CC1. The number of hydrogen-bond acceptors (Lipinski definition) is 5. The summed E-state index contributed by atoms with van der Waals surface area (Å²) >= 11 is 0. The number of carbonyl (C=O) groups excluding carboxylic acids is 1. The van der Waals surface area contributed by atoms with Crippen molar-refractivity contribution in [3.05, 3.63) is 36.0 Å². The number of fused-ring (bicyclic) bond motifs is 1. The van der Waals surface area contributed by atoms with Gasteiger partial charge in [0.25, 0.3) is 0 Å². The highest BCUT2D eigenvalue weighted by molar-refractivity contribution is 5.95. The van der Waals surface area contributed by atoms with Gasteiger partial charge in [0, 0.05) is 49.4 Å². The molecule has 1 saturated heterocycles. The van der Waals surface area contributed by atoms with E-state index < -0.39 is 0 Å². The summed E-state index contributed by atoms with van der Waals surface area (Å²) in [5, 5.41) is 13.4. The van der Waals surface area contributed by atoms with Crippen molar-refractivity contribution in [1.82, 2.24) is 15.2 Å². The summed E-state index contributed by atoms with van der Waals surface area (Å²) in [5.74, 6) is 0.251. The maximum absolute atomic E-state index is 12.4. The molecule has 1 amide bonds. The molecule has 1 fully saturated rings. The summed E-state index contributed by atoms with van der Waals surface area (Å²) in [7, 11) is 2.06. The number of nitriles is 1. The van der Waals surface area contributed by atoms with E-state index in [1.54, 1.807) is 6.20 Å². The molecule has 1 aliphatic rings. The number of hydrogen-bond donors (Lipinski definition) is 1. The molecular weight excluding hydrogens is 338 g/mol. The van der Waals surface area contributed by atoms with E-state index >= 15 is 0 Å². The summed E-state index contributed by atoms with van der Waals surface area (Å²) < 4.78 is 0. The third-order valence-electron chi connectivity index (χ3n) is 5.41. The van der Waals surface area contributed by atoms with Gasteiger partial charge >= 0.3 is 0 Å². The molecule has 0 bridgehead atoms. The number of carbonyl (C=O) groups is 1. The first-order valence-electron chi connectivity index (χ1n) is 9.63. The Hall–Kier alpha value is -2.65. The number of anilines is 1. The topological polar surface area (TPSA) is 72.3 Å². The molecule has 1 N–H and O–H groups in total. The molecular formula is C21H27N5O. The van der Waals surface area contributed by atoms with Crippen LogP contribution in [0.25, 0.3) is 10.9 Å². The number of pyridine rings is 1. The monoisotopic (exact) mass is 365 g/mol. The molecule has 2 aromatic rings. The fraction of sp³-hybridized carbons (Fsp3) is 0.476. The number of nitrogens with zero attached hydrogens (tertiary/aromatic N) is 4. The summed E-state index contributed by atoms with van der Waals surface area (Å²) in [6.07, 6.45) is 3.41. The van der Waals surface area contributed by atoms with Gasteiger partial charge in [0.05, 0.1) is 11.1 Å². The van der Waals surface area contributed by atoms with Gasteiger partial charge in [0.15, 0.2) is 0 Å². The van der Waals surface area contributed by atoms with Crippen molar-refractivity contribution in [3.8, 4) is 6.07 Å². The lowest BCUT2D eigenvalue weighted by Gasteiger charge is -2.33. The first kappa shape index (κ1) is 19.1. The molecule has 0 atom stereocenters. The Balaban J connectivity index is 1.62. The minimum absolute atomic E-state index is 0.0796. The fourth-order valence-corrected chi connectivity index (χ4v) is 3.58. The van der Waals surface area contributed by atoms with Crippen LogP contribution in [0.3, 0.4) is 0 Å². The van der Waals surface area contributed by atoms with E-state index in [2.05, 4.69) is 40.1 Å². The van der Waals surface area contributed by atoms with E-state index in [1.165, 1.54) is 0 Å². The van der Waals surface area contributed by atoms with Gasteiger partial charge in [-0.2, -0.15) is 5.26 Å². The molecule has 3 rings (SSSR count). The molecule has 2 heterocycles. The van der Waals surface area contributed by atoms with Crippen LogP contribution in [0, 0.1) is 17.2 Å². The van der Waals surface area contributed by atoms with E-state index in [1.807, 2.05) is 24.3 Å². The molecule has 6 heteroatoms. The molecule has 0 saturated carbocycles. The van der Waals surface area contributed by atoms with Crippen molar-refractivity contribution in [3.63, 3.8) is 0 Å². The second-order valence-electron chi connectivity index (χ2n) is 7.09. The predicted molar refractivity (Wildman–Crippen MR) is 108 cm³/mol. The molecule has 0 unspecified atom stereocenters. The number of piperidine rings is 1. The predicted octanol–water partition coefficient (Wildman–Crippen LogP) is 2.39. The van der Waals surface area contributed by atoms with Crippen LogP contribution in [0.5, 0.6) is 0 Å². The minimum atomic E-state index is 0.0796. The average Bonchev–Trinajstić information content (AvgIpc) is 2.72. The zero-order valence-electron chi connectivity index (χ0n) is 16.1. The minimum Gasteiger partial charge on any atom is -0.371 e. The highest BCUT2D eigenvalue weighted by Gasteiger charge is 2.26. The van der Waals surface area contributed by atoms with Gasteiger partial charge in [-0.1, -0.05) is 6.92 Å². The molecule has 142 valence electrons. The highest BCUT2D eigenvalue weighted by Crippen LogP contribution is 2.31. The molecule has 0 spiro atoms. The van der Waals surface area contributed by atoms with Crippen LogP contribution in [0.1, 0.15) is 25.3 Å². The van der Waals surface area contributed by atoms with Crippen molar-refractivity contribution in [2.45, 2.75) is 19.8 Å². The standard InChI is InChI=1S/C21H27N5O/c1-3-25(2)14-11-24-21(27)16-8-12-26(13-9-16)19-7-6-17(15-22)20-18(19)5-4-10-23-20/h4-7,10,16H,3,8-9,11-14H2,1-2H3,(H,24,27). The number of likely N-dealkylation sites (N-methyl/N-ethyl adjacent to an activating group) is 1. The molecule has 1 aromatic carbocycles. The van der Waals surface area contributed by atoms with Crippen molar-refractivity contribution in [1.29, 1.82) is 5.26 Å². The van der Waals surface area contributed by atoms with Crippen LogP contribution in [0.4, 0.5) is 5.69 Å². The first-order valence-corrected chi connectivity index (χ1v) is 9.63. The highest BCUT2D eigenvalue weighted by atomic mass is 16.1. The van der Waals surface area contributed by atoms with E-state index in [0.29, 0.717) is 12.1 Å². The van der Waals surface area contributed by atoms with Crippen molar-refractivity contribution in [2.24, 2.45) is 5.92 Å². The Morgan fingerprint density at radius 2 is 2.15 bits per heavy atom. The van der Waals surface area contributed by atoms with E-state index in [4.69, 9.17) is 0 Å². The second-order valence-corrected chi connectivity index (χ2v) is 7.09. The summed E-state index contributed by atoms with van der Waals surface area (Å²) in [6, 6.07) is 9.98. The zero-order valence-corrected chi connectivity index (χ0v) is 16.1. The summed E-state index contributed by atoms with van der Waals surface area (Å²) in [4.78, 5) is 21.3. The maximum atomic E-state index is 12.4. The Bertz CT molecular complexity index is 836. The molecule has 0 aliphatic carbocycles. The average molecular weight is 365 g/mol. The fourth-order valence-electron chi connectivity index (χ4n) is 3.58. The van der Waals surface area contributed by atoms with Crippen molar-refractivity contribution >= 4 is 22.5 Å². The number of rotatable bonds is 6. The number of nitrogens with one attached hydrogen (secondary N) is 1. The molecule has 0 radical (unpaired) electrons. The van der Waals surface area contributed by atoms with Crippen LogP contribution in [-0.2, 0) is 4.79 Å². The molecule has 27 heavy (non-hydrogen) atoms. The van der Waals surface area contributed by atoms with Gasteiger partial charge < -0.3 is 15.1 Å². The maximum Gasteiger partial charge on any atom is 0.223 e. The zero-order chi connectivity index (χ0) is 19.2. The number of aromatic nitrogens is 1. The Kier molecular flexibility index (Phi) is 6.25. The largest absolute Gasteiger partial charge is 0.371 e. The van der Waals surface area contributed by atoms with Gasteiger partial charge in [0.2, 0.25) is 5.91 Å². The van der Waals surface area contributed by atoms with Gasteiger partial charge in [-0.15, -0.1) is 0 Å². The van der Waals surface area contributed by atoms with Crippen LogP contribution in [-0.4, -0.2) is 55.6 Å². The Morgan fingerprint density at radius 3 is 2.85 bits per heavy atom. The summed E-state index contributed by atoms with van der Waals surface area (Å²) in [6.45, 7) is 6.36. The summed E-state index contributed by atoms with van der Waals surface area (Å²) in [5.41, 5.74) is 2.44. The van der Waals surface area contributed by atoms with E-state index in [-0.39, 0.29) is 11.8 Å². The smallest absolute Gasteiger partial charge is 0.223 e. The van der Waals surface area contributed by atoms with E-state index in [9.17, 15) is 10.1 Å². The molecule has 6 nitrogen and oxygen atoms in total. The second kappa shape index (κ2) is 8.83. The molecule has 1 aliphatic heterocycles. The quantitative estimate of drug-likeness (QED) is 0.851. The number of amides is 1. The van der Waals surface area contributed by atoms with Crippen LogP contribution >= 0.6 is 0 Å². The number of benzene rings is 1.